The van der Waals surface area contributed by atoms with Crippen molar-refractivity contribution in [3.05, 3.63) is 54.6 Å². The molecule has 0 saturated carbocycles. The number of fused-ring (bicyclic) bond motifs is 1. The standard InChI is InChI=1S/C17H22N6/c1-3-20-16(22-10-7-19-8-11-22)12-14(18)17-13(2)21-15-6-4-5-9-23(15)17/h3-6,9,12,19H,1,7-8,10-11,18H2,2H3/b14-12-,20-16?. The van der Waals surface area contributed by atoms with E-state index in [1.165, 1.54) is 0 Å². The first-order valence-electron chi connectivity index (χ1n) is 7.76. The van der Waals surface area contributed by atoms with Crippen LogP contribution < -0.4 is 11.1 Å². The Hall–Kier alpha value is -2.60. The molecule has 0 atom stereocenters. The molecule has 0 bridgehead atoms. The van der Waals surface area contributed by atoms with E-state index in [9.17, 15) is 0 Å². The highest BCUT2D eigenvalue weighted by Gasteiger charge is 2.15. The van der Waals surface area contributed by atoms with Crippen LogP contribution in [-0.2, 0) is 0 Å². The predicted molar refractivity (Wildman–Crippen MR) is 94.2 cm³/mol. The molecule has 0 unspecified atom stereocenters. The molecular formula is C17H22N6. The number of imidazole rings is 1. The summed E-state index contributed by atoms with van der Waals surface area (Å²) in [5.41, 5.74) is 9.75. The zero-order valence-corrected chi connectivity index (χ0v) is 13.4. The molecule has 6 heteroatoms. The lowest BCUT2D eigenvalue weighted by atomic mass is 10.2. The number of aryl methyl sites for hydroxylation is 1. The summed E-state index contributed by atoms with van der Waals surface area (Å²) in [5, 5.41) is 3.34. The van der Waals surface area contributed by atoms with Crippen LogP contribution in [0.4, 0.5) is 0 Å². The van der Waals surface area contributed by atoms with Gasteiger partial charge in [0.2, 0.25) is 0 Å². The van der Waals surface area contributed by atoms with Crippen molar-refractivity contribution >= 4 is 17.2 Å². The summed E-state index contributed by atoms with van der Waals surface area (Å²) in [5.74, 6) is 0.837. The maximum atomic E-state index is 6.39. The second kappa shape index (κ2) is 6.66. The SMILES string of the molecule is C=CN=C(/C=C(\N)c1c(C)nc2ccccn12)N1CCNCC1. The summed E-state index contributed by atoms with van der Waals surface area (Å²) in [7, 11) is 0. The number of nitrogens with two attached hydrogens (primary N) is 1. The summed E-state index contributed by atoms with van der Waals surface area (Å²) in [6.45, 7) is 9.38. The van der Waals surface area contributed by atoms with Crippen LogP contribution in [0.25, 0.3) is 11.3 Å². The number of pyridine rings is 1. The Kier molecular flexibility index (Phi) is 4.43. The van der Waals surface area contributed by atoms with Crippen LogP contribution in [0.2, 0.25) is 0 Å². The van der Waals surface area contributed by atoms with Gasteiger partial charge >= 0.3 is 0 Å². The van der Waals surface area contributed by atoms with Crippen molar-refractivity contribution in [3.63, 3.8) is 0 Å². The van der Waals surface area contributed by atoms with Crippen LogP contribution in [0, 0.1) is 6.92 Å². The highest BCUT2D eigenvalue weighted by Crippen LogP contribution is 2.17. The predicted octanol–water partition coefficient (Wildman–Crippen LogP) is 1.39. The molecule has 3 heterocycles. The van der Waals surface area contributed by atoms with Gasteiger partial charge in [-0.15, -0.1) is 0 Å². The smallest absolute Gasteiger partial charge is 0.137 e. The molecule has 1 aliphatic rings. The molecule has 1 saturated heterocycles. The van der Waals surface area contributed by atoms with Crippen LogP contribution in [-0.4, -0.2) is 46.3 Å². The second-order valence-electron chi connectivity index (χ2n) is 5.48. The van der Waals surface area contributed by atoms with Gasteiger partial charge in [0.25, 0.3) is 0 Å². The molecule has 2 aromatic heterocycles. The number of nitrogens with one attached hydrogen (secondary N) is 1. The number of hydrogen-bond acceptors (Lipinski definition) is 4. The zero-order valence-electron chi connectivity index (χ0n) is 13.4. The number of aromatic nitrogens is 2. The Morgan fingerprint density at radius 1 is 1.39 bits per heavy atom. The van der Waals surface area contributed by atoms with E-state index in [0.29, 0.717) is 5.70 Å². The van der Waals surface area contributed by atoms with Crippen molar-refractivity contribution in [1.29, 1.82) is 0 Å². The fraction of sp³-hybridized carbons (Fsp3) is 0.294. The molecule has 0 aromatic carbocycles. The molecular weight excluding hydrogens is 288 g/mol. The molecule has 120 valence electrons. The Morgan fingerprint density at radius 3 is 2.91 bits per heavy atom. The van der Waals surface area contributed by atoms with E-state index in [4.69, 9.17) is 5.73 Å². The van der Waals surface area contributed by atoms with Crippen molar-refractivity contribution in [3.8, 4) is 0 Å². The zero-order chi connectivity index (χ0) is 16.2. The molecule has 2 aromatic rings. The lowest BCUT2D eigenvalue weighted by Gasteiger charge is -2.29. The van der Waals surface area contributed by atoms with E-state index in [2.05, 4.69) is 26.8 Å². The van der Waals surface area contributed by atoms with E-state index >= 15 is 0 Å². The average molecular weight is 310 g/mol. The van der Waals surface area contributed by atoms with Gasteiger partial charge in [0.15, 0.2) is 0 Å². The average Bonchev–Trinajstić information content (AvgIpc) is 2.91. The Balaban J connectivity index is 2.00. The van der Waals surface area contributed by atoms with Crippen molar-refractivity contribution in [2.24, 2.45) is 10.7 Å². The van der Waals surface area contributed by atoms with Gasteiger partial charge in [0.05, 0.1) is 17.1 Å². The Bertz CT molecular complexity index is 764. The van der Waals surface area contributed by atoms with Gasteiger partial charge < -0.3 is 16.0 Å². The van der Waals surface area contributed by atoms with Crippen LogP contribution in [0.5, 0.6) is 0 Å². The molecule has 1 aliphatic heterocycles. The van der Waals surface area contributed by atoms with E-state index in [1.54, 1.807) is 6.20 Å². The lowest BCUT2D eigenvalue weighted by molar-refractivity contribution is 0.359. The first kappa shape index (κ1) is 15.3. The minimum absolute atomic E-state index is 0.653. The second-order valence-corrected chi connectivity index (χ2v) is 5.48. The van der Waals surface area contributed by atoms with Crippen LogP contribution in [0.1, 0.15) is 11.4 Å². The maximum Gasteiger partial charge on any atom is 0.137 e. The minimum Gasteiger partial charge on any atom is -0.397 e. The Morgan fingerprint density at radius 2 is 2.17 bits per heavy atom. The normalized spacial score (nSPS) is 16.8. The molecule has 3 rings (SSSR count). The molecule has 0 amide bonds. The van der Waals surface area contributed by atoms with Crippen molar-refractivity contribution in [2.45, 2.75) is 6.92 Å². The molecule has 0 aliphatic carbocycles. The Labute approximate surface area is 136 Å². The number of aliphatic imine (C=N–C) groups is 1. The first-order valence-corrected chi connectivity index (χ1v) is 7.76. The van der Waals surface area contributed by atoms with Gasteiger partial charge in [-0.3, -0.25) is 4.40 Å². The highest BCUT2D eigenvalue weighted by molar-refractivity contribution is 5.99. The van der Waals surface area contributed by atoms with E-state index in [1.807, 2.05) is 41.8 Å². The van der Waals surface area contributed by atoms with Gasteiger partial charge in [-0.2, -0.15) is 0 Å². The number of nitrogens with zero attached hydrogens (tertiary/aromatic N) is 4. The quantitative estimate of drug-likeness (QED) is 0.664. The number of piperazine rings is 1. The van der Waals surface area contributed by atoms with Crippen LogP contribution >= 0.6 is 0 Å². The third-order valence-electron chi connectivity index (χ3n) is 3.93. The number of amidine groups is 1. The minimum atomic E-state index is 0.653. The molecule has 0 radical (unpaired) electrons. The largest absolute Gasteiger partial charge is 0.397 e. The summed E-state index contributed by atoms with van der Waals surface area (Å²) in [6.07, 6.45) is 5.44. The third-order valence-corrected chi connectivity index (χ3v) is 3.93. The number of rotatable bonds is 3. The van der Waals surface area contributed by atoms with E-state index in [0.717, 1.165) is 49.0 Å². The molecule has 0 spiro atoms. The van der Waals surface area contributed by atoms with Gasteiger partial charge in [-0.1, -0.05) is 12.6 Å². The third kappa shape index (κ3) is 3.12. The monoisotopic (exact) mass is 310 g/mol. The fourth-order valence-electron chi connectivity index (χ4n) is 2.87. The van der Waals surface area contributed by atoms with E-state index in [-0.39, 0.29) is 0 Å². The molecule has 23 heavy (non-hydrogen) atoms. The fourth-order valence-corrected chi connectivity index (χ4v) is 2.87. The van der Waals surface area contributed by atoms with Gasteiger partial charge in [0, 0.05) is 44.7 Å². The van der Waals surface area contributed by atoms with Crippen LogP contribution in [0.3, 0.4) is 0 Å². The van der Waals surface area contributed by atoms with E-state index < -0.39 is 0 Å². The topological polar surface area (TPSA) is 70.9 Å². The summed E-state index contributed by atoms with van der Waals surface area (Å²) in [4.78, 5) is 11.2. The maximum absolute atomic E-state index is 6.39. The molecule has 6 nitrogen and oxygen atoms in total. The highest BCUT2D eigenvalue weighted by atomic mass is 15.2. The molecule has 3 N–H and O–H groups in total. The van der Waals surface area contributed by atoms with Crippen molar-refractivity contribution < 1.29 is 0 Å². The summed E-state index contributed by atoms with van der Waals surface area (Å²) < 4.78 is 2.00. The van der Waals surface area contributed by atoms with Gasteiger partial charge in [-0.25, -0.2) is 9.98 Å². The summed E-state index contributed by atoms with van der Waals surface area (Å²) in [6, 6.07) is 5.91. The first-order chi connectivity index (χ1) is 11.2. The van der Waals surface area contributed by atoms with Crippen molar-refractivity contribution in [2.75, 3.05) is 26.2 Å². The molecule has 1 fully saturated rings. The lowest BCUT2D eigenvalue weighted by Crippen LogP contribution is -2.46. The van der Waals surface area contributed by atoms with Crippen LogP contribution in [0.15, 0.2) is 48.2 Å². The van der Waals surface area contributed by atoms with Gasteiger partial charge in [-0.05, 0) is 19.1 Å². The van der Waals surface area contributed by atoms with Gasteiger partial charge in [0.1, 0.15) is 11.5 Å². The summed E-state index contributed by atoms with van der Waals surface area (Å²) >= 11 is 0. The van der Waals surface area contributed by atoms with Crippen molar-refractivity contribution in [1.82, 2.24) is 19.6 Å². The number of hydrogen-bond donors (Lipinski definition) is 2.